The topological polar surface area (TPSA) is 47.9 Å². The molecule has 116 valence electrons. The van der Waals surface area contributed by atoms with E-state index in [1.54, 1.807) is 7.11 Å². The number of aliphatic hydroxyl groups is 1. The van der Waals surface area contributed by atoms with Gasteiger partial charge in [-0.2, -0.15) is 0 Å². The molecule has 1 N–H and O–H groups in total. The Morgan fingerprint density at radius 1 is 1.14 bits per heavy atom. The Kier molecular flexibility index (Phi) is 9.30. The molecule has 0 heterocycles. The normalized spacial score (nSPS) is 10.0. The highest BCUT2D eigenvalue weighted by molar-refractivity contribution is 5.45. The van der Waals surface area contributed by atoms with Gasteiger partial charge in [0.25, 0.3) is 0 Å². The molecule has 0 unspecified atom stereocenters. The van der Waals surface area contributed by atoms with Gasteiger partial charge in [0.1, 0.15) is 12.4 Å². The molecular weight excluding hydrogens is 268 g/mol. The Labute approximate surface area is 127 Å². The van der Waals surface area contributed by atoms with Gasteiger partial charge in [-0.1, -0.05) is 25.2 Å². The van der Waals surface area contributed by atoms with E-state index in [9.17, 15) is 0 Å². The van der Waals surface area contributed by atoms with Crippen molar-refractivity contribution in [3.63, 3.8) is 0 Å². The van der Waals surface area contributed by atoms with E-state index in [2.05, 4.69) is 18.8 Å². The van der Waals surface area contributed by atoms with Crippen LogP contribution < -0.4 is 4.74 Å². The van der Waals surface area contributed by atoms with Crippen molar-refractivity contribution in [2.75, 3.05) is 33.5 Å². The zero-order valence-corrected chi connectivity index (χ0v) is 12.9. The molecule has 1 aromatic carbocycles. The molecule has 0 saturated carbocycles. The molecule has 21 heavy (non-hydrogen) atoms. The van der Waals surface area contributed by atoms with Gasteiger partial charge in [0, 0.05) is 12.2 Å². The van der Waals surface area contributed by atoms with E-state index in [1.165, 1.54) is 0 Å². The maximum atomic E-state index is 8.79. The first-order valence-electron chi connectivity index (χ1n) is 7.24. The summed E-state index contributed by atoms with van der Waals surface area (Å²) < 4.78 is 16.3. The second-order valence-corrected chi connectivity index (χ2v) is 4.50. The molecule has 0 aliphatic rings. The van der Waals surface area contributed by atoms with Crippen LogP contribution in [-0.2, 0) is 16.1 Å². The van der Waals surface area contributed by atoms with Crippen molar-refractivity contribution < 1.29 is 19.3 Å². The van der Waals surface area contributed by atoms with Gasteiger partial charge in [-0.05, 0) is 30.2 Å². The molecule has 0 fully saturated rings. The Morgan fingerprint density at radius 3 is 2.67 bits per heavy atom. The summed E-state index contributed by atoms with van der Waals surface area (Å²) in [5, 5.41) is 8.79. The highest BCUT2D eigenvalue weighted by Crippen LogP contribution is 2.18. The van der Waals surface area contributed by atoms with Gasteiger partial charge in [0.15, 0.2) is 0 Å². The Morgan fingerprint density at radius 2 is 1.95 bits per heavy atom. The van der Waals surface area contributed by atoms with Gasteiger partial charge in [-0.3, -0.25) is 0 Å². The van der Waals surface area contributed by atoms with Gasteiger partial charge in [0.2, 0.25) is 0 Å². The lowest BCUT2D eigenvalue weighted by molar-refractivity contribution is 0.0396. The van der Waals surface area contributed by atoms with E-state index in [-0.39, 0.29) is 6.61 Å². The fourth-order valence-electron chi connectivity index (χ4n) is 1.72. The van der Waals surface area contributed by atoms with Crippen molar-refractivity contribution in [2.24, 2.45) is 0 Å². The number of benzene rings is 1. The number of unbranched alkanes of at least 4 members (excludes halogenated alkanes) is 1. The van der Waals surface area contributed by atoms with E-state index >= 15 is 0 Å². The van der Waals surface area contributed by atoms with Gasteiger partial charge in [-0.25, -0.2) is 0 Å². The largest absolute Gasteiger partial charge is 0.497 e. The third kappa shape index (κ3) is 7.14. The number of rotatable bonds is 9. The number of methoxy groups -OCH3 is 1. The maximum absolute atomic E-state index is 8.79. The van der Waals surface area contributed by atoms with Crippen molar-refractivity contribution >= 4 is 0 Å². The Bertz CT molecular complexity index is 460. The van der Waals surface area contributed by atoms with Crippen LogP contribution in [0, 0.1) is 11.8 Å². The molecule has 0 radical (unpaired) electrons. The van der Waals surface area contributed by atoms with Crippen LogP contribution in [0.3, 0.4) is 0 Å². The van der Waals surface area contributed by atoms with Crippen LogP contribution in [0.1, 0.15) is 30.9 Å². The number of aliphatic hydroxyl groups excluding tert-OH is 1. The summed E-state index contributed by atoms with van der Waals surface area (Å²) in [6.45, 7) is 4.36. The smallest absolute Gasteiger partial charge is 0.119 e. The van der Waals surface area contributed by atoms with Crippen molar-refractivity contribution in [3.8, 4) is 17.6 Å². The summed E-state index contributed by atoms with van der Waals surface area (Å²) in [4.78, 5) is 0. The SMILES string of the molecule is CCCCOCCOCc1cc(OC)ccc1C#CCO. The van der Waals surface area contributed by atoms with Gasteiger partial charge in [0.05, 0.1) is 26.9 Å². The molecule has 0 aliphatic heterocycles. The van der Waals surface area contributed by atoms with Crippen molar-refractivity contribution in [2.45, 2.75) is 26.4 Å². The summed E-state index contributed by atoms with van der Waals surface area (Å²) >= 11 is 0. The number of hydrogen-bond donors (Lipinski definition) is 1. The minimum absolute atomic E-state index is 0.155. The summed E-state index contributed by atoms with van der Waals surface area (Å²) in [6.07, 6.45) is 2.22. The standard InChI is InChI=1S/C17H24O4/c1-3-4-10-20-11-12-21-14-16-13-17(19-2)8-7-15(16)6-5-9-18/h7-8,13,18H,3-4,9-12,14H2,1-2H3. The van der Waals surface area contributed by atoms with E-state index in [1.807, 2.05) is 18.2 Å². The first-order valence-corrected chi connectivity index (χ1v) is 7.24. The van der Waals surface area contributed by atoms with Crippen LogP contribution in [0.15, 0.2) is 18.2 Å². The van der Waals surface area contributed by atoms with E-state index < -0.39 is 0 Å². The second kappa shape index (κ2) is 11.2. The zero-order chi connectivity index (χ0) is 15.3. The van der Waals surface area contributed by atoms with Crippen LogP contribution in [0.4, 0.5) is 0 Å². The van der Waals surface area contributed by atoms with Crippen LogP contribution in [0.2, 0.25) is 0 Å². The Hall–Kier alpha value is -1.54. The average Bonchev–Trinajstić information content (AvgIpc) is 2.52. The molecule has 1 aromatic rings. The van der Waals surface area contributed by atoms with Crippen LogP contribution >= 0.6 is 0 Å². The molecule has 0 bridgehead atoms. The molecule has 4 nitrogen and oxygen atoms in total. The van der Waals surface area contributed by atoms with E-state index in [0.717, 1.165) is 36.3 Å². The highest BCUT2D eigenvalue weighted by Gasteiger charge is 2.03. The first kappa shape index (κ1) is 17.5. The van der Waals surface area contributed by atoms with Crippen LogP contribution in [-0.4, -0.2) is 38.6 Å². The lowest BCUT2D eigenvalue weighted by atomic mass is 10.1. The minimum Gasteiger partial charge on any atom is -0.497 e. The summed E-state index contributed by atoms with van der Waals surface area (Å²) in [6, 6.07) is 5.62. The van der Waals surface area contributed by atoms with E-state index in [4.69, 9.17) is 19.3 Å². The van der Waals surface area contributed by atoms with Gasteiger partial charge < -0.3 is 19.3 Å². The average molecular weight is 292 g/mol. The monoisotopic (exact) mass is 292 g/mol. The molecule has 4 heteroatoms. The molecule has 1 rings (SSSR count). The third-order valence-electron chi connectivity index (χ3n) is 2.89. The molecular formula is C17H24O4. The number of ether oxygens (including phenoxy) is 3. The number of hydrogen-bond acceptors (Lipinski definition) is 4. The quantitative estimate of drug-likeness (QED) is 0.561. The second-order valence-electron chi connectivity index (χ2n) is 4.50. The lowest BCUT2D eigenvalue weighted by Crippen LogP contribution is -2.06. The summed E-state index contributed by atoms with van der Waals surface area (Å²) in [7, 11) is 1.63. The Balaban J connectivity index is 2.47. The summed E-state index contributed by atoms with van der Waals surface area (Å²) in [5.74, 6) is 6.33. The molecule has 0 aromatic heterocycles. The molecule has 0 aliphatic carbocycles. The van der Waals surface area contributed by atoms with Crippen molar-refractivity contribution in [1.29, 1.82) is 0 Å². The minimum atomic E-state index is -0.155. The highest BCUT2D eigenvalue weighted by atomic mass is 16.5. The van der Waals surface area contributed by atoms with E-state index in [0.29, 0.717) is 19.8 Å². The summed E-state index contributed by atoms with van der Waals surface area (Å²) in [5.41, 5.74) is 1.79. The van der Waals surface area contributed by atoms with Gasteiger partial charge >= 0.3 is 0 Å². The third-order valence-corrected chi connectivity index (χ3v) is 2.89. The first-order chi connectivity index (χ1) is 10.3. The maximum Gasteiger partial charge on any atom is 0.119 e. The molecule has 0 amide bonds. The fraction of sp³-hybridized carbons (Fsp3) is 0.529. The van der Waals surface area contributed by atoms with Gasteiger partial charge in [-0.15, -0.1) is 0 Å². The van der Waals surface area contributed by atoms with Crippen molar-refractivity contribution in [3.05, 3.63) is 29.3 Å². The lowest BCUT2D eigenvalue weighted by Gasteiger charge is -2.09. The van der Waals surface area contributed by atoms with Crippen LogP contribution in [0.25, 0.3) is 0 Å². The zero-order valence-electron chi connectivity index (χ0n) is 12.9. The molecule has 0 saturated heterocycles. The predicted molar refractivity (Wildman–Crippen MR) is 82.3 cm³/mol. The predicted octanol–water partition coefficient (Wildman–Crippen LogP) is 2.37. The molecule has 0 atom stereocenters. The molecule has 0 spiro atoms. The van der Waals surface area contributed by atoms with Crippen LogP contribution in [0.5, 0.6) is 5.75 Å². The van der Waals surface area contributed by atoms with Crippen molar-refractivity contribution in [1.82, 2.24) is 0 Å². The fourth-order valence-corrected chi connectivity index (χ4v) is 1.72.